The van der Waals surface area contributed by atoms with Crippen LogP contribution in [0.15, 0.2) is 55.1 Å². The first-order chi connectivity index (χ1) is 24.0. The van der Waals surface area contributed by atoms with E-state index in [2.05, 4.69) is 32.4 Å². The molecular formula is C36H41N11O3. The zero-order chi connectivity index (χ0) is 35.7. The number of primary amides is 1. The number of nitrogens with one attached hydrogen (secondary N) is 2. The Hall–Kier alpha value is -6.05. The topological polar surface area (TPSA) is 173 Å². The van der Waals surface area contributed by atoms with Crippen molar-refractivity contribution in [2.24, 2.45) is 5.73 Å². The fraction of sp³-hybridized carbons (Fsp3) is 0.306. The predicted octanol–water partition coefficient (Wildman–Crippen LogP) is 5.55. The van der Waals surface area contributed by atoms with E-state index in [0.29, 0.717) is 73.4 Å². The van der Waals surface area contributed by atoms with E-state index < -0.39 is 5.91 Å². The average Bonchev–Trinajstić information content (AvgIpc) is 3.84. The first kappa shape index (κ1) is 33.8. The van der Waals surface area contributed by atoms with Gasteiger partial charge in [-0.1, -0.05) is 18.2 Å². The average molecular weight is 676 g/mol. The highest BCUT2D eigenvalue weighted by Crippen LogP contribution is 2.26. The maximum atomic E-state index is 13.4. The predicted molar refractivity (Wildman–Crippen MR) is 193 cm³/mol. The standard InChI is InChI=1S/C36H41N11O3/c1-7-46-30(17-22(5)42-46)33(49)40-35-38-26-19-24(21(3)4)11-13-28(26)44(35)15-9-10-16-45-29-14-12-25(32(37)48)20-27(29)39-36(45)41-34(50)31-18-23(6)43-47(31)8-2/h11-14,17-20H,3,7-10,15-16H2,1-2,4-6H3,(H2,37,48)(H,38,40,49)(H,39,41,50). The second-order valence-corrected chi connectivity index (χ2v) is 12.3. The number of carbonyl (C=O) groups is 3. The maximum absolute atomic E-state index is 13.4. The Morgan fingerprint density at radius 3 is 1.58 bits per heavy atom. The Bertz CT molecular complexity index is 2120. The molecule has 0 aliphatic heterocycles. The van der Waals surface area contributed by atoms with Gasteiger partial charge in [-0.3, -0.25) is 34.4 Å². The van der Waals surface area contributed by atoms with Gasteiger partial charge in [0.05, 0.1) is 33.5 Å². The summed E-state index contributed by atoms with van der Waals surface area (Å²) in [5.74, 6) is -0.394. The number of amides is 3. The van der Waals surface area contributed by atoms with Crippen molar-refractivity contribution in [3.63, 3.8) is 0 Å². The molecule has 0 aliphatic rings. The molecule has 6 rings (SSSR count). The lowest BCUT2D eigenvalue weighted by molar-refractivity contribution is 0.0995. The maximum Gasteiger partial charge on any atom is 0.276 e. The Kier molecular flexibility index (Phi) is 9.35. The van der Waals surface area contributed by atoms with Gasteiger partial charge >= 0.3 is 0 Å². The number of carbonyl (C=O) groups excluding carboxylic acids is 3. The van der Waals surface area contributed by atoms with Crippen LogP contribution >= 0.6 is 0 Å². The second kappa shape index (κ2) is 13.8. The molecule has 0 saturated heterocycles. The van der Waals surface area contributed by atoms with Crippen molar-refractivity contribution in [3.05, 3.63) is 89.0 Å². The minimum atomic E-state index is -0.561. The molecule has 258 valence electrons. The number of aromatic nitrogens is 8. The van der Waals surface area contributed by atoms with Crippen molar-refractivity contribution in [2.45, 2.75) is 73.6 Å². The SMILES string of the molecule is C=C(C)c1ccc2c(c1)nc(NC(=O)c1cc(C)nn1CC)n2CCCCn1c(NC(=O)c2cc(C)nn2CC)nc2cc(C(N)=O)ccc21. The highest BCUT2D eigenvalue weighted by atomic mass is 16.2. The van der Waals surface area contributed by atoms with Crippen LogP contribution in [0.2, 0.25) is 0 Å². The van der Waals surface area contributed by atoms with Gasteiger partial charge < -0.3 is 14.9 Å². The molecule has 4 aromatic heterocycles. The molecule has 0 atom stereocenters. The van der Waals surface area contributed by atoms with E-state index in [1.165, 1.54) is 0 Å². The summed E-state index contributed by atoms with van der Waals surface area (Å²) in [5.41, 5.74) is 13.1. The van der Waals surface area contributed by atoms with Crippen LogP contribution in [-0.4, -0.2) is 56.4 Å². The number of benzene rings is 2. The minimum Gasteiger partial charge on any atom is -0.366 e. The van der Waals surface area contributed by atoms with Crippen molar-refractivity contribution in [1.29, 1.82) is 0 Å². The lowest BCUT2D eigenvalue weighted by Crippen LogP contribution is -2.20. The third-order valence-corrected chi connectivity index (χ3v) is 8.61. The van der Waals surface area contributed by atoms with Gasteiger partial charge in [0.2, 0.25) is 17.8 Å². The highest BCUT2D eigenvalue weighted by Gasteiger charge is 2.21. The number of anilines is 2. The van der Waals surface area contributed by atoms with Gasteiger partial charge in [-0.2, -0.15) is 10.2 Å². The Balaban J connectivity index is 1.27. The van der Waals surface area contributed by atoms with Gasteiger partial charge in [0, 0.05) is 31.7 Å². The molecule has 0 aliphatic carbocycles. The van der Waals surface area contributed by atoms with Crippen molar-refractivity contribution in [3.8, 4) is 0 Å². The number of unbranched alkanes of at least 4 members (excludes halogenated alkanes) is 1. The number of hydrogen-bond donors (Lipinski definition) is 3. The molecule has 14 nitrogen and oxygen atoms in total. The van der Waals surface area contributed by atoms with Crippen LogP contribution in [0.3, 0.4) is 0 Å². The summed E-state index contributed by atoms with van der Waals surface area (Å²) in [5, 5.41) is 14.8. The monoisotopic (exact) mass is 675 g/mol. The molecule has 0 bridgehead atoms. The molecule has 0 saturated carbocycles. The largest absolute Gasteiger partial charge is 0.366 e. The summed E-state index contributed by atoms with van der Waals surface area (Å²) >= 11 is 0. The molecule has 14 heteroatoms. The molecule has 50 heavy (non-hydrogen) atoms. The number of fused-ring (bicyclic) bond motifs is 2. The molecule has 0 unspecified atom stereocenters. The first-order valence-corrected chi connectivity index (χ1v) is 16.6. The van der Waals surface area contributed by atoms with Crippen molar-refractivity contribution < 1.29 is 14.4 Å². The molecule has 6 aromatic rings. The molecule has 2 aromatic carbocycles. The molecular weight excluding hydrogens is 634 g/mol. The summed E-state index contributed by atoms with van der Waals surface area (Å²) in [6, 6.07) is 14.5. The molecule has 0 radical (unpaired) electrons. The normalized spacial score (nSPS) is 11.4. The lowest BCUT2D eigenvalue weighted by atomic mass is 10.1. The van der Waals surface area contributed by atoms with Gasteiger partial charge in [-0.05, 0) is 95.5 Å². The van der Waals surface area contributed by atoms with Gasteiger partial charge in [0.1, 0.15) is 11.4 Å². The number of imidazole rings is 2. The van der Waals surface area contributed by atoms with Crippen molar-refractivity contribution in [1.82, 2.24) is 38.7 Å². The van der Waals surface area contributed by atoms with Crippen LogP contribution in [0.5, 0.6) is 0 Å². The van der Waals surface area contributed by atoms with Crippen LogP contribution in [-0.2, 0) is 26.2 Å². The molecule has 4 heterocycles. The smallest absolute Gasteiger partial charge is 0.276 e. The van der Waals surface area contributed by atoms with Gasteiger partial charge in [0.25, 0.3) is 11.8 Å². The second-order valence-electron chi connectivity index (χ2n) is 12.3. The Labute approximate surface area is 289 Å². The van der Waals surface area contributed by atoms with Gasteiger partial charge in [-0.25, -0.2) is 9.97 Å². The van der Waals surface area contributed by atoms with Crippen LogP contribution in [0.25, 0.3) is 27.6 Å². The van der Waals surface area contributed by atoms with E-state index in [4.69, 9.17) is 10.7 Å². The number of rotatable bonds is 13. The fourth-order valence-electron chi connectivity index (χ4n) is 6.13. The summed E-state index contributed by atoms with van der Waals surface area (Å²) in [6.45, 7) is 15.7. The van der Waals surface area contributed by atoms with E-state index >= 15 is 0 Å². The van der Waals surface area contributed by atoms with Crippen LogP contribution in [0, 0.1) is 13.8 Å². The molecule has 0 spiro atoms. The van der Waals surface area contributed by atoms with Crippen LogP contribution < -0.4 is 16.4 Å². The molecule has 3 amide bonds. The lowest BCUT2D eigenvalue weighted by Gasteiger charge is -2.13. The first-order valence-electron chi connectivity index (χ1n) is 16.6. The highest BCUT2D eigenvalue weighted by molar-refractivity contribution is 6.04. The van der Waals surface area contributed by atoms with Crippen molar-refractivity contribution >= 4 is 57.3 Å². The van der Waals surface area contributed by atoms with Gasteiger partial charge in [-0.15, -0.1) is 0 Å². The number of hydrogen-bond acceptors (Lipinski definition) is 7. The third kappa shape index (κ3) is 6.64. The number of nitrogens with two attached hydrogens (primary N) is 1. The van der Waals surface area contributed by atoms with Crippen LogP contribution in [0.4, 0.5) is 11.9 Å². The number of nitrogens with zero attached hydrogens (tertiary/aromatic N) is 8. The molecule has 4 N–H and O–H groups in total. The fourth-order valence-corrected chi connectivity index (χ4v) is 6.13. The van der Waals surface area contributed by atoms with Crippen molar-refractivity contribution in [2.75, 3.05) is 10.6 Å². The molecule has 0 fully saturated rings. The van der Waals surface area contributed by atoms with E-state index in [0.717, 1.165) is 39.1 Å². The number of allylic oxidation sites excluding steroid dienone is 1. The summed E-state index contributed by atoms with van der Waals surface area (Å²) in [7, 11) is 0. The zero-order valence-corrected chi connectivity index (χ0v) is 28.9. The summed E-state index contributed by atoms with van der Waals surface area (Å²) in [6.07, 6.45) is 1.40. The quantitative estimate of drug-likeness (QED) is 0.135. The minimum absolute atomic E-state index is 0.288. The summed E-state index contributed by atoms with van der Waals surface area (Å²) in [4.78, 5) is 48.3. The van der Waals surface area contributed by atoms with Crippen LogP contribution in [0.1, 0.15) is 81.9 Å². The Morgan fingerprint density at radius 1 is 0.720 bits per heavy atom. The number of aryl methyl sites for hydroxylation is 6. The van der Waals surface area contributed by atoms with E-state index in [9.17, 15) is 14.4 Å². The van der Waals surface area contributed by atoms with E-state index in [1.54, 1.807) is 39.7 Å². The van der Waals surface area contributed by atoms with E-state index in [1.807, 2.05) is 62.0 Å². The van der Waals surface area contributed by atoms with E-state index in [-0.39, 0.29) is 11.8 Å². The third-order valence-electron chi connectivity index (χ3n) is 8.61. The Morgan fingerprint density at radius 2 is 1.16 bits per heavy atom. The summed E-state index contributed by atoms with van der Waals surface area (Å²) < 4.78 is 7.26. The van der Waals surface area contributed by atoms with Gasteiger partial charge in [0.15, 0.2) is 0 Å². The zero-order valence-electron chi connectivity index (χ0n) is 28.9.